The van der Waals surface area contributed by atoms with Gasteiger partial charge in [-0.15, -0.1) is 0 Å². The first-order chi connectivity index (χ1) is 16.7. The van der Waals surface area contributed by atoms with Gasteiger partial charge in [0.1, 0.15) is 11.5 Å². The summed E-state index contributed by atoms with van der Waals surface area (Å²) < 4.78 is 0. The average molecular weight is 463 g/mol. The largest absolute Gasteiger partial charge is 0.319 e. The molecule has 8 heteroatoms. The number of pyridine rings is 3. The topological polar surface area (TPSA) is 121 Å². The van der Waals surface area contributed by atoms with Gasteiger partial charge in [0.25, 0.3) is 5.91 Å². The Morgan fingerprint density at radius 1 is 1.11 bits per heavy atom. The first-order valence-electron chi connectivity index (χ1n) is 11.1. The van der Waals surface area contributed by atoms with Gasteiger partial charge in [-0.3, -0.25) is 19.6 Å². The maximum atomic E-state index is 12.9. The van der Waals surface area contributed by atoms with Gasteiger partial charge < -0.3 is 10.6 Å². The number of amides is 2. The number of aromatic nitrogens is 3. The molecule has 4 aromatic rings. The number of benzene rings is 1. The molecule has 0 atom stereocenters. The van der Waals surface area contributed by atoms with E-state index >= 15 is 0 Å². The summed E-state index contributed by atoms with van der Waals surface area (Å²) in [5.41, 5.74) is 4.25. The molecule has 172 valence electrons. The van der Waals surface area contributed by atoms with Crippen molar-refractivity contribution < 1.29 is 9.59 Å². The lowest BCUT2D eigenvalue weighted by molar-refractivity contribution is -0.115. The molecule has 0 fully saturated rings. The van der Waals surface area contributed by atoms with E-state index in [2.05, 4.69) is 31.7 Å². The number of rotatable bonds is 4. The van der Waals surface area contributed by atoms with Crippen molar-refractivity contribution in [3.63, 3.8) is 0 Å². The smallest absolute Gasteiger partial charge is 0.274 e. The average Bonchev–Trinajstić information content (AvgIpc) is 3.25. The Morgan fingerprint density at radius 3 is 2.74 bits per heavy atom. The molecule has 5 rings (SSSR count). The van der Waals surface area contributed by atoms with Crippen LogP contribution in [0.1, 0.15) is 41.2 Å². The number of hydrogen-bond donors (Lipinski definition) is 2. The van der Waals surface area contributed by atoms with E-state index in [0.717, 1.165) is 38.7 Å². The zero-order chi connectivity index (χ0) is 24.7. The number of fused-ring (bicyclic) bond motifs is 3. The van der Waals surface area contributed by atoms with Crippen LogP contribution in [0.2, 0.25) is 0 Å². The summed E-state index contributed by atoms with van der Waals surface area (Å²) in [6.07, 6.45) is 5.21. The number of nitrogens with one attached hydrogen (secondary N) is 2. The van der Waals surface area contributed by atoms with E-state index in [1.165, 1.54) is 6.20 Å². The lowest BCUT2D eigenvalue weighted by Crippen LogP contribution is -2.18. The van der Waals surface area contributed by atoms with E-state index in [1.54, 1.807) is 38.4 Å². The number of carbonyl (C=O) groups excluding carboxylic acids is 2. The van der Waals surface area contributed by atoms with Crippen LogP contribution < -0.4 is 10.6 Å². The van der Waals surface area contributed by atoms with E-state index in [1.807, 2.05) is 31.2 Å². The predicted molar refractivity (Wildman–Crippen MR) is 133 cm³/mol. The lowest BCUT2D eigenvalue weighted by atomic mass is 9.86. The van der Waals surface area contributed by atoms with Crippen LogP contribution in [0.3, 0.4) is 0 Å². The predicted octanol–water partition coefficient (Wildman–Crippen LogP) is 4.55. The molecule has 0 radical (unpaired) electrons. The minimum Gasteiger partial charge on any atom is -0.319 e. The molecule has 1 aromatic carbocycles. The Bertz CT molecular complexity index is 1570. The molecular weight excluding hydrogens is 440 g/mol. The molecule has 1 aliphatic heterocycles. The number of hydrogen-bond acceptors (Lipinski definition) is 6. The van der Waals surface area contributed by atoms with Crippen LogP contribution in [0.5, 0.6) is 0 Å². The van der Waals surface area contributed by atoms with Gasteiger partial charge in [-0.1, -0.05) is 12.1 Å². The first kappa shape index (κ1) is 22.2. The monoisotopic (exact) mass is 462 g/mol. The minimum absolute atomic E-state index is 0.0521. The van der Waals surface area contributed by atoms with Gasteiger partial charge in [0.05, 0.1) is 29.8 Å². The van der Waals surface area contributed by atoms with Crippen molar-refractivity contribution in [1.29, 1.82) is 5.26 Å². The van der Waals surface area contributed by atoms with Gasteiger partial charge in [0, 0.05) is 34.6 Å². The number of nitriles is 1. The fourth-order valence-electron chi connectivity index (χ4n) is 4.17. The third-order valence-corrected chi connectivity index (χ3v) is 6.24. The van der Waals surface area contributed by atoms with Crippen molar-refractivity contribution in [3.8, 4) is 17.2 Å². The normalized spacial score (nSPS) is 12.7. The highest BCUT2D eigenvalue weighted by atomic mass is 16.2. The van der Waals surface area contributed by atoms with Crippen molar-refractivity contribution in [2.45, 2.75) is 32.6 Å². The van der Waals surface area contributed by atoms with Gasteiger partial charge in [-0.25, -0.2) is 4.98 Å². The van der Waals surface area contributed by atoms with Crippen molar-refractivity contribution in [2.24, 2.45) is 0 Å². The summed E-state index contributed by atoms with van der Waals surface area (Å²) in [6.45, 7) is 5.49. The Morgan fingerprint density at radius 2 is 1.94 bits per heavy atom. The minimum atomic E-state index is -0.731. The fourth-order valence-corrected chi connectivity index (χ4v) is 4.17. The maximum Gasteiger partial charge on any atom is 0.274 e. The van der Waals surface area contributed by atoms with E-state index in [0.29, 0.717) is 17.9 Å². The van der Waals surface area contributed by atoms with Crippen LogP contribution in [-0.4, -0.2) is 26.8 Å². The van der Waals surface area contributed by atoms with Crippen molar-refractivity contribution in [3.05, 3.63) is 77.5 Å². The molecule has 0 spiro atoms. The van der Waals surface area contributed by atoms with Gasteiger partial charge >= 0.3 is 0 Å². The van der Waals surface area contributed by atoms with Crippen LogP contribution in [0.25, 0.3) is 21.9 Å². The lowest BCUT2D eigenvalue weighted by Gasteiger charge is -2.16. The van der Waals surface area contributed by atoms with E-state index in [-0.39, 0.29) is 17.5 Å². The van der Waals surface area contributed by atoms with Crippen molar-refractivity contribution >= 4 is 34.1 Å². The third kappa shape index (κ3) is 4.08. The zero-order valence-corrected chi connectivity index (χ0v) is 19.5. The highest BCUT2D eigenvalue weighted by molar-refractivity contribution is 6.05. The standard InChI is InChI=1S/C27H22N6O2/c1-15-21(16-4-5-20-17(8-16)12-31-25-22(20)11-24(34)33-25)10-19(13-30-15)32-26(35)23-9-18(6-7-29-23)27(2,3)14-28/h4-10,12-13H,11H2,1-3H3,(H,32,35)(H,31,33,34). The van der Waals surface area contributed by atoms with Gasteiger partial charge in [0.15, 0.2) is 0 Å². The number of aryl methyl sites for hydroxylation is 1. The summed E-state index contributed by atoms with van der Waals surface area (Å²) in [6, 6.07) is 13.5. The molecule has 0 bridgehead atoms. The summed E-state index contributed by atoms with van der Waals surface area (Å²) in [4.78, 5) is 37.7. The first-order valence-corrected chi connectivity index (χ1v) is 11.1. The van der Waals surface area contributed by atoms with Crippen LogP contribution in [-0.2, 0) is 16.6 Å². The molecule has 2 N–H and O–H groups in total. The molecule has 1 aliphatic rings. The van der Waals surface area contributed by atoms with Gasteiger partial charge in [-0.05, 0) is 61.5 Å². The molecule has 2 amide bonds. The fraction of sp³-hybridized carbons (Fsp3) is 0.185. The van der Waals surface area contributed by atoms with Crippen LogP contribution in [0.15, 0.2) is 55.0 Å². The Hall–Kier alpha value is -4.64. The highest BCUT2D eigenvalue weighted by Gasteiger charge is 2.23. The molecule has 8 nitrogen and oxygen atoms in total. The molecular formula is C27H22N6O2. The molecule has 3 aromatic heterocycles. The molecule has 0 saturated carbocycles. The van der Waals surface area contributed by atoms with E-state index in [9.17, 15) is 14.9 Å². The molecule has 0 unspecified atom stereocenters. The Labute approximate surface area is 202 Å². The molecule has 4 heterocycles. The van der Waals surface area contributed by atoms with Crippen molar-refractivity contribution in [1.82, 2.24) is 15.0 Å². The SMILES string of the molecule is Cc1ncc(NC(=O)c2cc(C(C)(C)C#N)ccn2)cc1-c1ccc2c3c(ncc2c1)NC(=O)C3. The quantitative estimate of drug-likeness (QED) is 0.459. The van der Waals surface area contributed by atoms with E-state index in [4.69, 9.17) is 0 Å². The summed E-state index contributed by atoms with van der Waals surface area (Å²) >= 11 is 0. The second-order valence-electron chi connectivity index (χ2n) is 9.09. The van der Waals surface area contributed by atoms with Gasteiger partial charge in [-0.2, -0.15) is 5.26 Å². The molecule has 0 aliphatic carbocycles. The van der Waals surface area contributed by atoms with Crippen LogP contribution >= 0.6 is 0 Å². The van der Waals surface area contributed by atoms with Crippen molar-refractivity contribution in [2.75, 3.05) is 10.6 Å². The Kier molecular flexibility index (Phi) is 5.25. The number of nitrogens with zero attached hydrogens (tertiary/aromatic N) is 4. The number of anilines is 2. The summed E-state index contributed by atoms with van der Waals surface area (Å²) in [5, 5.41) is 16.9. The third-order valence-electron chi connectivity index (χ3n) is 6.24. The highest BCUT2D eigenvalue weighted by Crippen LogP contribution is 2.33. The second kappa shape index (κ2) is 8.29. The van der Waals surface area contributed by atoms with E-state index < -0.39 is 5.41 Å². The molecule has 35 heavy (non-hydrogen) atoms. The number of carbonyl (C=O) groups is 2. The van der Waals surface area contributed by atoms with Gasteiger partial charge in [0.2, 0.25) is 5.91 Å². The van der Waals surface area contributed by atoms with Crippen LogP contribution in [0, 0.1) is 18.3 Å². The molecule has 0 saturated heterocycles. The van der Waals surface area contributed by atoms with Crippen LogP contribution in [0.4, 0.5) is 11.5 Å². The summed E-state index contributed by atoms with van der Waals surface area (Å²) in [5.74, 6) is 0.185. The maximum absolute atomic E-state index is 12.9. The second-order valence-corrected chi connectivity index (χ2v) is 9.09. The Balaban J connectivity index is 1.45. The summed E-state index contributed by atoms with van der Waals surface area (Å²) in [7, 11) is 0. The zero-order valence-electron chi connectivity index (χ0n) is 19.5.